The fourth-order valence-corrected chi connectivity index (χ4v) is 1.70. The summed E-state index contributed by atoms with van der Waals surface area (Å²) >= 11 is 0. The molecule has 0 radical (unpaired) electrons. The molecule has 86 valence electrons. The minimum Gasteiger partial charge on any atom is -0.412 e. The molecule has 1 aromatic rings. The van der Waals surface area contributed by atoms with Crippen molar-refractivity contribution in [1.29, 1.82) is 0 Å². The molecule has 0 aliphatic carbocycles. The highest BCUT2D eigenvalue weighted by atomic mass is 16.0. The van der Waals surface area contributed by atoms with Crippen molar-refractivity contribution in [3.63, 3.8) is 0 Å². The van der Waals surface area contributed by atoms with E-state index in [4.69, 9.17) is 0 Å². The first-order valence-electron chi connectivity index (χ1n) is 5.94. The van der Waals surface area contributed by atoms with Gasteiger partial charge in [0.2, 0.25) is 0 Å². The maximum absolute atomic E-state index is 2.38. The highest BCUT2D eigenvalue weighted by Gasteiger charge is 1.95. The smallest absolute Gasteiger partial charge is 0.0279 e. The van der Waals surface area contributed by atoms with Crippen LogP contribution in [0.2, 0.25) is 0 Å². The summed E-state index contributed by atoms with van der Waals surface area (Å²) in [6.07, 6.45) is 7.71. The summed E-state index contributed by atoms with van der Waals surface area (Å²) in [4.78, 5) is 0. The molecule has 0 unspecified atom stereocenters. The molecule has 0 heterocycles. The van der Waals surface area contributed by atoms with E-state index in [1.807, 2.05) is 0 Å². The Balaban J connectivity index is 0.00000196. The number of rotatable bonds is 6. The average molecular weight is 208 g/mol. The SMILES string of the molecule is CCCCc1cccc(CCCC)c1.O. The van der Waals surface area contributed by atoms with Gasteiger partial charge in [-0.05, 0) is 36.8 Å². The third-order valence-electron chi connectivity index (χ3n) is 2.63. The standard InChI is InChI=1S/C14H22.H2O/c1-3-5-8-13-10-7-11-14(12-13)9-6-4-2;/h7,10-12H,3-6,8-9H2,1-2H3;1H2. The van der Waals surface area contributed by atoms with E-state index in [9.17, 15) is 0 Å². The first kappa shape index (κ1) is 14.2. The van der Waals surface area contributed by atoms with E-state index in [1.54, 1.807) is 0 Å². The van der Waals surface area contributed by atoms with Gasteiger partial charge in [0.1, 0.15) is 0 Å². The Morgan fingerprint density at radius 1 is 0.867 bits per heavy atom. The van der Waals surface area contributed by atoms with Crippen molar-refractivity contribution in [2.75, 3.05) is 0 Å². The van der Waals surface area contributed by atoms with Gasteiger partial charge in [-0.1, -0.05) is 51.0 Å². The van der Waals surface area contributed by atoms with Crippen LogP contribution in [0.25, 0.3) is 0 Å². The van der Waals surface area contributed by atoms with E-state index in [2.05, 4.69) is 38.1 Å². The molecular weight excluding hydrogens is 184 g/mol. The lowest BCUT2D eigenvalue weighted by molar-refractivity contribution is 0.780. The van der Waals surface area contributed by atoms with E-state index < -0.39 is 0 Å². The molecule has 0 spiro atoms. The summed E-state index contributed by atoms with van der Waals surface area (Å²) < 4.78 is 0. The summed E-state index contributed by atoms with van der Waals surface area (Å²) in [7, 11) is 0. The fraction of sp³-hybridized carbons (Fsp3) is 0.571. The lowest BCUT2D eigenvalue weighted by atomic mass is 10.0. The molecule has 0 aliphatic rings. The van der Waals surface area contributed by atoms with E-state index in [0.29, 0.717) is 0 Å². The van der Waals surface area contributed by atoms with Gasteiger partial charge in [-0.3, -0.25) is 0 Å². The maximum Gasteiger partial charge on any atom is -0.0279 e. The predicted molar refractivity (Wildman–Crippen MR) is 67.3 cm³/mol. The Hall–Kier alpha value is -0.820. The lowest BCUT2D eigenvalue weighted by Gasteiger charge is -2.04. The van der Waals surface area contributed by atoms with Crippen LogP contribution in [0.3, 0.4) is 0 Å². The van der Waals surface area contributed by atoms with Crippen LogP contribution in [0.4, 0.5) is 0 Å². The number of unbranched alkanes of at least 4 members (excludes halogenated alkanes) is 2. The van der Waals surface area contributed by atoms with Crippen molar-refractivity contribution in [3.8, 4) is 0 Å². The topological polar surface area (TPSA) is 31.5 Å². The van der Waals surface area contributed by atoms with Crippen molar-refractivity contribution in [3.05, 3.63) is 35.4 Å². The number of aryl methyl sites for hydroxylation is 2. The normalized spacial score (nSPS) is 9.73. The Morgan fingerprint density at radius 2 is 1.33 bits per heavy atom. The van der Waals surface area contributed by atoms with Crippen LogP contribution < -0.4 is 0 Å². The van der Waals surface area contributed by atoms with Crippen LogP contribution in [0, 0.1) is 0 Å². The van der Waals surface area contributed by atoms with E-state index in [0.717, 1.165) is 0 Å². The molecule has 1 nitrogen and oxygen atoms in total. The van der Waals surface area contributed by atoms with Gasteiger partial charge in [-0.15, -0.1) is 0 Å². The van der Waals surface area contributed by atoms with Crippen molar-refractivity contribution >= 4 is 0 Å². The van der Waals surface area contributed by atoms with E-state index >= 15 is 0 Å². The lowest BCUT2D eigenvalue weighted by Crippen LogP contribution is -1.89. The number of hydrogen-bond acceptors (Lipinski definition) is 0. The van der Waals surface area contributed by atoms with Crippen molar-refractivity contribution < 1.29 is 5.48 Å². The second-order valence-corrected chi connectivity index (χ2v) is 4.03. The molecular formula is C14H24O. The second kappa shape index (κ2) is 8.49. The van der Waals surface area contributed by atoms with Crippen LogP contribution >= 0.6 is 0 Å². The van der Waals surface area contributed by atoms with Gasteiger partial charge in [-0.2, -0.15) is 0 Å². The summed E-state index contributed by atoms with van der Waals surface area (Å²) in [5.41, 5.74) is 3.03. The first-order valence-corrected chi connectivity index (χ1v) is 5.94. The largest absolute Gasteiger partial charge is 0.412 e. The Bertz CT molecular complexity index is 232. The summed E-state index contributed by atoms with van der Waals surface area (Å²) in [6.45, 7) is 4.50. The van der Waals surface area contributed by atoms with Crippen LogP contribution in [0.15, 0.2) is 24.3 Å². The minimum atomic E-state index is 0. The molecule has 0 saturated heterocycles. The highest BCUT2D eigenvalue weighted by Crippen LogP contribution is 2.11. The molecule has 1 heteroatoms. The van der Waals surface area contributed by atoms with E-state index in [1.165, 1.54) is 49.7 Å². The second-order valence-electron chi connectivity index (χ2n) is 4.03. The Morgan fingerprint density at radius 3 is 1.73 bits per heavy atom. The quantitative estimate of drug-likeness (QED) is 0.685. The van der Waals surface area contributed by atoms with Crippen molar-refractivity contribution in [2.45, 2.75) is 52.4 Å². The molecule has 1 rings (SSSR count). The minimum absolute atomic E-state index is 0. The molecule has 0 aliphatic heterocycles. The molecule has 0 amide bonds. The zero-order chi connectivity index (χ0) is 10.2. The first-order chi connectivity index (χ1) is 6.86. The molecule has 0 saturated carbocycles. The monoisotopic (exact) mass is 208 g/mol. The molecule has 0 fully saturated rings. The third-order valence-corrected chi connectivity index (χ3v) is 2.63. The molecule has 15 heavy (non-hydrogen) atoms. The Kier molecular flexibility index (Phi) is 8.02. The predicted octanol–water partition coefficient (Wildman–Crippen LogP) is 3.55. The van der Waals surface area contributed by atoms with Gasteiger partial charge in [0.25, 0.3) is 0 Å². The van der Waals surface area contributed by atoms with Crippen molar-refractivity contribution in [2.24, 2.45) is 0 Å². The Labute approximate surface area is 93.8 Å². The molecule has 0 atom stereocenters. The summed E-state index contributed by atoms with van der Waals surface area (Å²) in [5, 5.41) is 0. The van der Waals surface area contributed by atoms with Crippen LogP contribution in [0.5, 0.6) is 0 Å². The number of benzene rings is 1. The van der Waals surface area contributed by atoms with Crippen LogP contribution in [-0.4, -0.2) is 5.48 Å². The summed E-state index contributed by atoms with van der Waals surface area (Å²) in [5.74, 6) is 0. The van der Waals surface area contributed by atoms with Gasteiger partial charge in [0.05, 0.1) is 0 Å². The number of hydrogen-bond donors (Lipinski definition) is 0. The molecule has 0 aromatic heterocycles. The zero-order valence-corrected chi connectivity index (χ0v) is 10.1. The van der Waals surface area contributed by atoms with Gasteiger partial charge in [0.15, 0.2) is 0 Å². The van der Waals surface area contributed by atoms with E-state index in [-0.39, 0.29) is 5.48 Å². The van der Waals surface area contributed by atoms with Crippen LogP contribution in [0.1, 0.15) is 50.7 Å². The maximum atomic E-state index is 2.38. The fourth-order valence-electron chi connectivity index (χ4n) is 1.70. The van der Waals surface area contributed by atoms with Gasteiger partial charge in [-0.25, -0.2) is 0 Å². The summed E-state index contributed by atoms with van der Waals surface area (Å²) in [6, 6.07) is 9.09. The van der Waals surface area contributed by atoms with Crippen LogP contribution in [-0.2, 0) is 12.8 Å². The molecule has 2 N–H and O–H groups in total. The highest BCUT2D eigenvalue weighted by molar-refractivity contribution is 5.23. The third kappa shape index (κ3) is 5.58. The molecule has 0 bridgehead atoms. The van der Waals surface area contributed by atoms with Gasteiger partial charge < -0.3 is 5.48 Å². The zero-order valence-electron chi connectivity index (χ0n) is 10.1. The van der Waals surface area contributed by atoms with Gasteiger partial charge in [0, 0.05) is 0 Å². The average Bonchev–Trinajstić information content (AvgIpc) is 2.24. The van der Waals surface area contributed by atoms with Crippen molar-refractivity contribution in [1.82, 2.24) is 0 Å². The van der Waals surface area contributed by atoms with Gasteiger partial charge >= 0.3 is 0 Å². The molecule has 1 aromatic carbocycles.